The van der Waals surface area contributed by atoms with E-state index >= 15 is 0 Å². The summed E-state index contributed by atoms with van der Waals surface area (Å²) in [5.74, 6) is -0.393. The molecule has 0 bridgehead atoms. The molecule has 2 heterocycles. The topological polar surface area (TPSA) is 75.2 Å². The van der Waals surface area contributed by atoms with Gasteiger partial charge >= 0.3 is 0 Å². The van der Waals surface area contributed by atoms with E-state index in [2.05, 4.69) is 15.3 Å². The molecular weight excluding hydrogens is 280 g/mol. The average Bonchev–Trinajstić information content (AvgIpc) is 2.54. The second-order valence-electron chi connectivity index (χ2n) is 4.79. The van der Waals surface area contributed by atoms with Crippen LogP contribution in [0.4, 0.5) is 0 Å². The summed E-state index contributed by atoms with van der Waals surface area (Å²) >= 11 is 0. The summed E-state index contributed by atoms with van der Waals surface area (Å²) in [6.45, 7) is 2.09. The van der Waals surface area contributed by atoms with E-state index in [4.69, 9.17) is 0 Å². The SMILES string of the molecule is CC(=O)N(CC(=O)NCc1ccccn1)Cc1ccccn1. The molecule has 0 saturated carbocycles. The van der Waals surface area contributed by atoms with Crippen molar-refractivity contribution in [3.63, 3.8) is 0 Å². The van der Waals surface area contributed by atoms with Gasteiger partial charge in [0.25, 0.3) is 0 Å². The van der Waals surface area contributed by atoms with Crippen LogP contribution in [-0.2, 0) is 22.7 Å². The zero-order chi connectivity index (χ0) is 15.8. The molecule has 0 aliphatic heterocycles. The fraction of sp³-hybridized carbons (Fsp3) is 0.250. The molecule has 2 aromatic heterocycles. The van der Waals surface area contributed by atoms with Crippen molar-refractivity contribution in [2.75, 3.05) is 6.54 Å². The van der Waals surface area contributed by atoms with Crippen molar-refractivity contribution < 1.29 is 9.59 Å². The van der Waals surface area contributed by atoms with Crippen molar-refractivity contribution in [2.24, 2.45) is 0 Å². The van der Waals surface area contributed by atoms with Crippen molar-refractivity contribution in [1.82, 2.24) is 20.2 Å². The molecule has 0 unspecified atom stereocenters. The summed E-state index contributed by atoms with van der Waals surface area (Å²) in [7, 11) is 0. The van der Waals surface area contributed by atoms with E-state index in [1.165, 1.54) is 11.8 Å². The number of rotatable bonds is 6. The first-order valence-electron chi connectivity index (χ1n) is 6.97. The smallest absolute Gasteiger partial charge is 0.239 e. The molecule has 0 fully saturated rings. The van der Waals surface area contributed by atoms with Gasteiger partial charge in [-0.3, -0.25) is 19.6 Å². The fourth-order valence-corrected chi connectivity index (χ4v) is 1.89. The summed E-state index contributed by atoms with van der Waals surface area (Å²) in [5.41, 5.74) is 1.52. The highest BCUT2D eigenvalue weighted by molar-refractivity contribution is 5.83. The van der Waals surface area contributed by atoms with Gasteiger partial charge in [0.1, 0.15) is 0 Å². The molecule has 1 N–H and O–H groups in total. The number of nitrogens with zero attached hydrogens (tertiary/aromatic N) is 3. The Kier molecular flexibility index (Phi) is 5.59. The first-order valence-corrected chi connectivity index (χ1v) is 6.97. The van der Waals surface area contributed by atoms with Gasteiger partial charge < -0.3 is 10.2 Å². The number of hydrogen-bond donors (Lipinski definition) is 1. The lowest BCUT2D eigenvalue weighted by atomic mass is 10.3. The molecule has 0 spiro atoms. The van der Waals surface area contributed by atoms with E-state index in [9.17, 15) is 9.59 Å². The lowest BCUT2D eigenvalue weighted by Gasteiger charge is -2.20. The average molecular weight is 298 g/mol. The molecule has 2 aromatic rings. The Morgan fingerprint density at radius 2 is 1.68 bits per heavy atom. The predicted octanol–water partition coefficient (Wildman–Crippen LogP) is 1.14. The molecule has 0 aliphatic carbocycles. The number of amides is 2. The highest BCUT2D eigenvalue weighted by Gasteiger charge is 2.14. The van der Waals surface area contributed by atoms with Gasteiger partial charge in [0.2, 0.25) is 11.8 Å². The maximum Gasteiger partial charge on any atom is 0.239 e. The maximum atomic E-state index is 12.0. The molecule has 6 heteroatoms. The van der Waals surface area contributed by atoms with E-state index in [-0.39, 0.29) is 18.4 Å². The number of pyridine rings is 2. The lowest BCUT2D eigenvalue weighted by molar-refractivity contribution is -0.135. The predicted molar refractivity (Wildman–Crippen MR) is 81.4 cm³/mol. The molecule has 0 aliphatic rings. The van der Waals surface area contributed by atoms with E-state index in [0.717, 1.165) is 11.4 Å². The van der Waals surface area contributed by atoms with E-state index in [0.29, 0.717) is 13.1 Å². The molecule has 0 saturated heterocycles. The molecule has 0 radical (unpaired) electrons. The van der Waals surface area contributed by atoms with Gasteiger partial charge in [0, 0.05) is 19.3 Å². The fourth-order valence-electron chi connectivity index (χ4n) is 1.89. The summed E-state index contributed by atoms with van der Waals surface area (Å²) in [6, 6.07) is 11.0. The van der Waals surface area contributed by atoms with Crippen molar-refractivity contribution in [2.45, 2.75) is 20.0 Å². The quantitative estimate of drug-likeness (QED) is 0.868. The highest BCUT2D eigenvalue weighted by Crippen LogP contribution is 2.01. The van der Waals surface area contributed by atoms with E-state index in [1.807, 2.05) is 30.3 Å². The Bertz CT molecular complexity index is 617. The highest BCUT2D eigenvalue weighted by atomic mass is 16.2. The zero-order valence-electron chi connectivity index (χ0n) is 12.4. The third-order valence-electron chi connectivity index (χ3n) is 3.05. The van der Waals surface area contributed by atoms with Gasteiger partial charge in [0.15, 0.2) is 0 Å². The normalized spacial score (nSPS) is 10.0. The van der Waals surface area contributed by atoms with Crippen LogP contribution in [0.3, 0.4) is 0 Å². The summed E-state index contributed by atoms with van der Waals surface area (Å²) in [6.07, 6.45) is 3.33. The van der Waals surface area contributed by atoms with Crippen LogP contribution in [0.2, 0.25) is 0 Å². The first-order chi connectivity index (χ1) is 10.6. The number of aromatic nitrogens is 2. The van der Waals surface area contributed by atoms with Gasteiger partial charge in [-0.1, -0.05) is 12.1 Å². The third kappa shape index (κ3) is 4.97. The Morgan fingerprint density at radius 1 is 1.05 bits per heavy atom. The number of hydrogen-bond acceptors (Lipinski definition) is 4. The number of carbonyl (C=O) groups excluding carboxylic acids is 2. The molecule has 2 rings (SSSR count). The molecule has 22 heavy (non-hydrogen) atoms. The van der Waals surface area contributed by atoms with Crippen LogP contribution in [0.25, 0.3) is 0 Å². The molecule has 2 amide bonds. The number of nitrogens with one attached hydrogen (secondary N) is 1. The lowest BCUT2D eigenvalue weighted by Crippen LogP contribution is -2.39. The van der Waals surface area contributed by atoms with Crippen molar-refractivity contribution in [3.05, 3.63) is 60.2 Å². The maximum absolute atomic E-state index is 12.0. The Morgan fingerprint density at radius 3 is 2.23 bits per heavy atom. The first kappa shape index (κ1) is 15.6. The number of carbonyl (C=O) groups is 2. The minimum Gasteiger partial charge on any atom is -0.349 e. The second-order valence-corrected chi connectivity index (χ2v) is 4.79. The van der Waals surface area contributed by atoms with Crippen LogP contribution < -0.4 is 5.32 Å². The van der Waals surface area contributed by atoms with E-state index in [1.54, 1.807) is 18.5 Å². The van der Waals surface area contributed by atoms with Gasteiger partial charge in [0.05, 0.1) is 31.0 Å². The van der Waals surface area contributed by atoms with Crippen molar-refractivity contribution in [1.29, 1.82) is 0 Å². The zero-order valence-corrected chi connectivity index (χ0v) is 12.4. The van der Waals surface area contributed by atoms with Gasteiger partial charge in [-0.05, 0) is 24.3 Å². The summed E-state index contributed by atoms with van der Waals surface area (Å²) in [4.78, 5) is 33.4. The summed E-state index contributed by atoms with van der Waals surface area (Å²) in [5, 5.41) is 2.75. The van der Waals surface area contributed by atoms with Crippen LogP contribution in [-0.4, -0.2) is 33.2 Å². The van der Waals surface area contributed by atoms with Crippen LogP contribution in [0, 0.1) is 0 Å². The van der Waals surface area contributed by atoms with E-state index < -0.39 is 0 Å². The summed E-state index contributed by atoms with van der Waals surface area (Å²) < 4.78 is 0. The molecular formula is C16H18N4O2. The third-order valence-corrected chi connectivity index (χ3v) is 3.05. The van der Waals surface area contributed by atoms with Crippen LogP contribution in [0.15, 0.2) is 48.8 Å². The Balaban J connectivity index is 1.88. The monoisotopic (exact) mass is 298 g/mol. The van der Waals surface area contributed by atoms with Crippen LogP contribution in [0.1, 0.15) is 18.3 Å². The van der Waals surface area contributed by atoms with Crippen LogP contribution >= 0.6 is 0 Å². The van der Waals surface area contributed by atoms with Gasteiger partial charge in [-0.25, -0.2) is 0 Å². The van der Waals surface area contributed by atoms with Crippen molar-refractivity contribution >= 4 is 11.8 Å². The largest absolute Gasteiger partial charge is 0.349 e. The van der Waals surface area contributed by atoms with Crippen LogP contribution in [0.5, 0.6) is 0 Å². The standard InChI is InChI=1S/C16H18N4O2/c1-13(21)20(11-15-7-3-5-9-18-15)12-16(22)19-10-14-6-2-4-8-17-14/h2-9H,10-12H2,1H3,(H,19,22). The van der Waals surface area contributed by atoms with Gasteiger partial charge in [-0.15, -0.1) is 0 Å². The Labute approximate surface area is 129 Å². The second kappa shape index (κ2) is 7.87. The van der Waals surface area contributed by atoms with Crippen molar-refractivity contribution in [3.8, 4) is 0 Å². The Hall–Kier alpha value is -2.76. The molecule has 0 atom stereocenters. The molecule has 6 nitrogen and oxygen atoms in total. The molecule has 0 aromatic carbocycles. The minimum atomic E-state index is -0.225. The minimum absolute atomic E-state index is 0.00125. The molecule has 114 valence electrons. The van der Waals surface area contributed by atoms with Gasteiger partial charge in [-0.2, -0.15) is 0 Å².